The van der Waals surface area contributed by atoms with Gasteiger partial charge in [0.15, 0.2) is 0 Å². The summed E-state index contributed by atoms with van der Waals surface area (Å²) < 4.78 is 0. The highest BCUT2D eigenvalue weighted by Crippen LogP contribution is 2.40. The first-order valence-electron chi connectivity index (χ1n) is 8.16. The molecule has 2 aliphatic rings. The van der Waals surface area contributed by atoms with Crippen LogP contribution in [-0.2, 0) is 0 Å². The standard InChI is InChI=1S/C16H30N4/c1-4-9-18-16(12-17,14-5-6-14)13-20-10-7-15(8-11-20)19(2)3/h14-15,18H,4-11,13H2,1-3H3. The Kier molecular flexibility index (Phi) is 5.42. The van der Waals surface area contributed by atoms with Gasteiger partial charge in [-0.15, -0.1) is 0 Å². The van der Waals surface area contributed by atoms with Crippen LogP contribution >= 0.6 is 0 Å². The normalized spacial score (nSPS) is 24.6. The second-order valence-electron chi connectivity index (χ2n) is 6.76. The lowest BCUT2D eigenvalue weighted by atomic mass is 9.92. The van der Waals surface area contributed by atoms with Crippen LogP contribution in [0, 0.1) is 17.2 Å². The van der Waals surface area contributed by atoms with Crippen LogP contribution in [0.15, 0.2) is 0 Å². The van der Waals surface area contributed by atoms with E-state index in [0.29, 0.717) is 12.0 Å². The molecule has 0 radical (unpaired) electrons. The van der Waals surface area contributed by atoms with E-state index in [1.54, 1.807) is 0 Å². The summed E-state index contributed by atoms with van der Waals surface area (Å²) in [6.07, 6.45) is 6.00. The van der Waals surface area contributed by atoms with Crippen LogP contribution in [0.25, 0.3) is 0 Å². The highest BCUT2D eigenvalue weighted by Gasteiger charge is 2.46. The maximum atomic E-state index is 9.74. The molecule has 1 aliphatic heterocycles. The second-order valence-corrected chi connectivity index (χ2v) is 6.76. The maximum Gasteiger partial charge on any atom is 0.122 e. The zero-order valence-corrected chi connectivity index (χ0v) is 13.4. The molecule has 1 aliphatic carbocycles. The highest BCUT2D eigenvalue weighted by molar-refractivity contribution is 5.16. The van der Waals surface area contributed by atoms with E-state index >= 15 is 0 Å². The quantitative estimate of drug-likeness (QED) is 0.769. The van der Waals surface area contributed by atoms with Gasteiger partial charge in [0.05, 0.1) is 6.07 Å². The van der Waals surface area contributed by atoms with Crippen LogP contribution in [0.1, 0.15) is 39.0 Å². The fraction of sp³-hybridized carbons (Fsp3) is 0.938. The molecule has 2 rings (SSSR count). The second kappa shape index (κ2) is 6.89. The predicted molar refractivity (Wildman–Crippen MR) is 82.5 cm³/mol. The van der Waals surface area contributed by atoms with Gasteiger partial charge in [-0.25, -0.2) is 0 Å². The molecule has 0 aromatic carbocycles. The molecule has 4 nitrogen and oxygen atoms in total. The van der Waals surface area contributed by atoms with Gasteiger partial charge >= 0.3 is 0 Å². The lowest BCUT2D eigenvalue weighted by Crippen LogP contribution is -2.56. The average Bonchev–Trinajstić information content (AvgIpc) is 3.29. The fourth-order valence-corrected chi connectivity index (χ4v) is 3.37. The molecular formula is C16H30N4. The Balaban J connectivity index is 1.90. The first-order valence-corrected chi connectivity index (χ1v) is 8.16. The van der Waals surface area contributed by atoms with E-state index in [1.165, 1.54) is 25.7 Å². The Bertz CT molecular complexity index is 337. The lowest BCUT2D eigenvalue weighted by Gasteiger charge is -2.39. The molecule has 2 fully saturated rings. The Morgan fingerprint density at radius 3 is 2.35 bits per heavy atom. The van der Waals surface area contributed by atoms with E-state index < -0.39 is 0 Å². The van der Waals surface area contributed by atoms with Gasteiger partial charge in [-0.2, -0.15) is 5.26 Å². The minimum Gasteiger partial charge on any atom is -0.306 e. The third-order valence-electron chi connectivity index (χ3n) is 4.92. The van der Waals surface area contributed by atoms with Gasteiger partial charge in [-0.05, 0) is 71.8 Å². The molecule has 20 heavy (non-hydrogen) atoms. The van der Waals surface area contributed by atoms with Gasteiger partial charge in [0, 0.05) is 12.6 Å². The van der Waals surface area contributed by atoms with E-state index in [2.05, 4.69) is 42.2 Å². The van der Waals surface area contributed by atoms with Crippen molar-refractivity contribution in [3.63, 3.8) is 0 Å². The number of nitriles is 1. The zero-order chi connectivity index (χ0) is 14.6. The van der Waals surface area contributed by atoms with Gasteiger partial charge in [0.1, 0.15) is 5.54 Å². The third-order valence-corrected chi connectivity index (χ3v) is 4.92. The summed E-state index contributed by atoms with van der Waals surface area (Å²) in [5, 5.41) is 13.3. The Hall–Kier alpha value is -0.630. The fourth-order valence-electron chi connectivity index (χ4n) is 3.37. The van der Waals surface area contributed by atoms with E-state index in [-0.39, 0.29) is 5.54 Å². The molecule has 1 unspecified atom stereocenters. The highest BCUT2D eigenvalue weighted by atomic mass is 15.2. The molecule has 0 aromatic rings. The third kappa shape index (κ3) is 3.72. The van der Waals surface area contributed by atoms with Crippen molar-refractivity contribution in [1.82, 2.24) is 15.1 Å². The van der Waals surface area contributed by atoms with Crippen LogP contribution in [0.5, 0.6) is 0 Å². The summed E-state index contributed by atoms with van der Waals surface area (Å²) in [7, 11) is 4.35. The average molecular weight is 278 g/mol. The molecule has 0 bridgehead atoms. The maximum absolute atomic E-state index is 9.74. The van der Waals surface area contributed by atoms with Gasteiger partial charge in [-0.3, -0.25) is 5.32 Å². The number of piperidine rings is 1. The van der Waals surface area contributed by atoms with Crippen molar-refractivity contribution in [1.29, 1.82) is 5.26 Å². The van der Waals surface area contributed by atoms with Crippen molar-refractivity contribution in [2.45, 2.75) is 50.6 Å². The van der Waals surface area contributed by atoms with Crippen LogP contribution < -0.4 is 5.32 Å². The van der Waals surface area contributed by atoms with Crippen molar-refractivity contribution in [3.8, 4) is 6.07 Å². The van der Waals surface area contributed by atoms with Crippen molar-refractivity contribution >= 4 is 0 Å². The van der Waals surface area contributed by atoms with E-state index in [9.17, 15) is 5.26 Å². The first kappa shape index (κ1) is 15.8. The van der Waals surface area contributed by atoms with Crippen LogP contribution in [-0.4, -0.2) is 61.7 Å². The smallest absolute Gasteiger partial charge is 0.122 e. The van der Waals surface area contributed by atoms with E-state index in [0.717, 1.165) is 32.6 Å². The van der Waals surface area contributed by atoms with Crippen molar-refractivity contribution in [2.24, 2.45) is 5.92 Å². The summed E-state index contributed by atoms with van der Waals surface area (Å²) in [5.74, 6) is 0.575. The number of hydrogen-bond donors (Lipinski definition) is 1. The van der Waals surface area contributed by atoms with Crippen LogP contribution in [0.2, 0.25) is 0 Å². The molecule has 1 N–H and O–H groups in total. The Morgan fingerprint density at radius 1 is 1.25 bits per heavy atom. The van der Waals surface area contributed by atoms with Crippen LogP contribution in [0.4, 0.5) is 0 Å². The van der Waals surface area contributed by atoms with E-state index in [1.807, 2.05) is 0 Å². The van der Waals surface area contributed by atoms with Crippen molar-refractivity contribution < 1.29 is 0 Å². The molecule has 1 heterocycles. The summed E-state index contributed by atoms with van der Waals surface area (Å²) in [5.41, 5.74) is -0.291. The Labute approximate surface area is 124 Å². The minimum atomic E-state index is -0.291. The predicted octanol–water partition coefficient (Wildman–Crippen LogP) is 1.68. The molecule has 1 saturated carbocycles. The van der Waals surface area contributed by atoms with Crippen molar-refractivity contribution in [3.05, 3.63) is 0 Å². The molecular weight excluding hydrogens is 248 g/mol. The van der Waals surface area contributed by atoms with E-state index in [4.69, 9.17) is 0 Å². The molecule has 4 heteroatoms. The molecule has 1 saturated heterocycles. The van der Waals surface area contributed by atoms with Gasteiger partial charge in [-0.1, -0.05) is 6.92 Å². The van der Waals surface area contributed by atoms with Gasteiger partial charge in [0.25, 0.3) is 0 Å². The SMILES string of the molecule is CCCNC(C#N)(CN1CCC(N(C)C)CC1)C1CC1. The number of nitrogens with zero attached hydrogens (tertiary/aromatic N) is 3. The Morgan fingerprint density at radius 2 is 1.90 bits per heavy atom. The number of rotatable bonds is 7. The number of likely N-dealkylation sites (tertiary alicyclic amines) is 1. The molecule has 114 valence electrons. The molecule has 0 amide bonds. The summed E-state index contributed by atoms with van der Waals surface area (Å²) in [4.78, 5) is 4.84. The zero-order valence-electron chi connectivity index (χ0n) is 13.4. The van der Waals surface area contributed by atoms with Crippen LogP contribution in [0.3, 0.4) is 0 Å². The van der Waals surface area contributed by atoms with Gasteiger partial charge < -0.3 is 9.80 Å². The first-order chi connectivity index (χ1) is 9.61. The van der Waals surface area contributed by atoms with Gasteiger partial charge in [0.2, 0.25) is 0 Å². The topological polar surface area (TPSA) is 42.3 Å². The monoisotopic (exact) mass is 278 g/mol. The summed E-state index contributed by atoms with van der Waals surface area (Å²) >= 11 is 0. The molecule has 0 aromatic heterocycles. The minimum absolute atomic E-state index is 0.291. The number of nitrogens with one attached hydrogen (secondary N) is 1. The number of hydrogen-bond acceptors (Lipinski definition) is 4. The molecule has 1 atom stereocenters. The van der Waals surface area contributed by atoms with Crippen molar-refractivity contribution in [2.75, 3.05) is 40.3 Å². The summed E-state index contributed by atoms with van der Waals surface area (Å²) in [6.45, 7) is 6.30. The largest absolute Gasteiger partial charge is 0.306 e. The molecule has 0 spiro atoms. The summed E-state index contributed by atoms with van der Waals surface area (Å²) in [6, 6.07) is 3.35. The lowest BCUT2D eigenvalue weighted by molar-refractivity contribution is 0.118.